The van der Waals surface area contributed by atoms with E-state index in [0.717, 1.165) is 68.3 Å². The summed E-state index contributed by atoms with van der Waals surface area (Å²) in [7, 11) is -3.05. The minimum Gasteiger partial charge on any atom is -0.479 e. The summed E-state index contributed by atoms with van der Waals surface area (Å²) in [5.41, 5.74) is 3.91. The number of aromatic nitrogens is 7. The molecule has 0 spiro atoms. The first-order valence-corrected chi connectivity index (χ1v) is 53.0. The number of benzene rings is 3. The van der Waals surface area contributed by atoms with Crippen molar-refractivity contribution in [3.63, 3.8) is 0 Å². The highest BCUT2D eigenvalue weighted by Gasteiger charge is 2.66. The molecule has 46 nitrogen and oxygen atoms in total. The van der Waals surface area contributed by atoms with Gasteiger partial charge in [-0.3, -0.25) is 48.2 Å². The predicted molar refractivity (Wildman–Crippen MR) is 541 cm³/mol. The Balaban J connectivity index is 0.559. The van der Waals surface area contributed by atoms with Gasteiger partial charge in [-0.2, -0.15) is 13.5 Å². The van der Waals surface area contributed by atoms with E-state index in [9.17, 15) is 81.7 Å². The molecule has 150 heavy (non-hydrogen) atoms. The number of aryl methyl sites for hydroxylation is 1. The third kappa shape index (κ3) is 33.0. The number of thiazole rings is 1. The summed E-state index contributed by atoms with van der Waals surface area (Å²) in [5.74, 6) is -8.40. The van der Waals surface area contributed by atoms with Crippen LogP contribution in [0.2, 0.25) is 0 Å². The summed E-state index contributed by atoms with van der Waals surface area (Å²) in [4.78, 5) is 137. The molecule has 822 valence electrons. The maximum atomic E-state index is 14.5. The number of hydrogen-bond acceptors (Lipinski definition) is 36. The summed E-state index contributed by atoms with van der Waals surface area (Å²) >= 11 is 1.38. The van der Waals surface area contributed by atoms with Gasteiger partial charge in [0.2, 0.25) is 17.7 Å². The van der Waals surface area contributed by atoms with Gasteiger partial charge in [0.1, 0.15) is 48.9 Å². The first kappa shape index (κ1) is 116. The van der Waals surface area contributed by atoms with Crippen LogP contribution in [0.1, 0.15) is 134 Å². The number of carboxylic acids is 2. The van der Waals surface area contributed by atoms with E-state index >= 15 is 0 Å². The van der Waals surface area contributed by atoms with Crippen LogP contribution in [0.3, 0.4) is 0 Å². The van der Waals surface area contributed by atoms with Crippen molar-refractivity contribution in [1.29, 1.82) is 0 Å². The van der Waals surface area contributed by atoms with Crippen LogP contribution in [0.4, 0.5) is 21.4 Å². The first-order valence-electron chi connectivity index (χ1n) is 50.6. The van der Waals surface area contributed by atoms with Crippen molar-refractivity contribution in [1.82, 2.24) is 55.2 Å². The van der Waals surface area contributed by atoms with E-state index in [1.807, 2.05) is 52.9 Å². The van der Waals surface area contributed by atoms with Crippen LogP contribution in [-0.2, 0) is 155 Å². The molecule has 5 fully saturated rings. The van der Waals surface area contributed by atoms with Crippen LogP contribution in [0.15, 0.2) is 97.3 Å². The van der Waals surface area contributed by atoms with E-state index < -0.39 is 137 Å². The smallest absolute Gasteiger partial charge is 0.410 e. The van der Waals surface area contributed by atoms with Crippen molar-refractivity contribution < 1.29 is 153 Å². The highest BCUT2D eigenvalue weighted by atomic mass is 32.2. The number of imide groups is 1. The lowest BCUT2D eigenvalue weighted by atomic mass is 9.39. The van der Waals surface area contributed by atoms with Crippen molar-refractivity contribution in [3.8, 4) is 11.1 Å². The Morgan fingerprint density at radius 3 is 1.81 bits per heavy atom. The van der Waals surface area contributed by atoms with Gasteiger partial charge in [0, 0.05) is 92.7 Å². The monoisotopic (exact) mass is 2140 g/mol. The van der Waals surface area contributed by atoms with Crippen molar-refractivity contribution >= 4 is 102 Å². The number of rotatable bonds is 66. The van der Waals surface area contributed by atoms with Gasteiger partial charge in [0.15, 0.2) is 16.9 Å². The van der Waals surface area contributed by atoms with E-state index in [0.29, 0.717) is 211 Å². The molecule has 4 saturated carbocycles. The molecular formula is C102H140N14O32S2. The molecule has 3 aromatic carbocycles. The van der Waals surface area contributed by atoms with E-state index in [1.54, 1.807) is 45.4 Å². The van der Waals surface area contributed by atoms with E-state index in [-0.39, 0.29) is 104 Å². The summed E-state index contributed by atoms with van der Waals surface area (Å²) in [6, 6.07) is 16.9. The summed E-state index contributed by atoms with van der Waals surface area (Å²) < 4.78 is 124. The Labute approximate surface area is 873 Å². The molecule has 1 saturated heterocycles. The van der Waals surface area contributed by atoms with Crippen LogP contribution >= 0.6 is 11.3 Å². The minimum atomic E-state index is -4.68. The zero-order chi connectivity index (χ0) is 107. The van der Waals surface area contributed by atoms with Crippen molar-refractivity contribution in [3.05, 3.63) is 142 Å². The van der Waals surface area contributed by atoms with E-state index in [2.05, 4.69) is 50.4 Å². The third-order valence-electron chi connectivity index (χ3n) is 27.2. The number of ether oxygens (including phenoxy) is 15. The van der Waals surface area contributed by atoms with Crippen LogP contribution in [0, 0.1) is 29.1 Å². The van der Waals surface area contributed by atoms with Gasteiger partial charge >= 0.3 is 18.0 Å². The standard InChI is InChI=1S/C102H140N14O32S2/c1-66(2)85(108-93(124)79(116-83(117)21-22-84(116)118)54-73-56-114(111-110-73)26-28-135-32-33-137-36-37-139-40-41-141-44-45-143-48-49-145-51-50-144-47-46-142-43-42-140-39-38-138-35-34-136-31-30-134-7)94(125)104-67(3)91(122)105-72-17-15-71(70(53-72)16-19-80-87(119)88(120)89(121)90(148-80)96(128)129)58-146-98(130)112(27-52-150(131,132)133)25-29-147-102-62-99(5)59-100(6,63-102)61-101(60-99,64-102)65-115-68(4)76(55-103-115)74-18-20-82(107-86(74)95(126)127)113-24-23-69-11-10-12-75(77(69)57-113)92(123)109-97-106-78-13-8-9-14-81(78)149-97/h8-15,17-18,20-22,53,55-56,66-67,79-80,85,87-90,119-121H,16,19,23-52,54,57-65H2,1-7H3,(H,104,125)(H,105,122)(H,108,124)(H,126,127)(H,128,129)(H,106,109,123)(H,131,132,133)/t67-,79?,80-,85-,87-,88+,89-,90-,99?,100?,101?,102?/m0/s1. The zero-order valence-corrected chi connectivity index (χ0v) is 87.4. The van der Waals surface area contributed by atoms with Gasteiger partial charge in [-0.05, 0) is 159 Å². The Morgan fingerprint density at radius 1 is 0.633 bits per heavy atom. The molecule has 7 aliphatic rings. The fourth-order valence-electron chi connectivity index (χ4n) is 21.1. The number of aliphatic carboxylic acids is 1. The molecule has 14 rings (SSSR count). The summed E-state index contributed by atoms with van der Waals surface area (Å²) in [6.45, 7) is 20.6. The highest BCUT2D eigenvalue weighted by molar-refractivity contribution is 7.85. The molecule has 10 N–H and O–H groups in total. The molecule has 4 aliphatic carbocycles. The number of nitrogens with zero attached hydrogens (tertiary/aromatic N) is 10. The highest BCUT2D eigenvalue weighted by Crippen LogP contribution is 2.72. The number of aliphatic hydroxyl groups excluding tert-OH is 3. The molecular weight excluding hydrogens is 2000 g/mol. The minimum absolute atomic E-state index is 0.0970. The average Bonchev–Trinajstić information content (AvgIpc) is 0.733. The number of amides is 7. The fourth-order valence-corrected chi connectivity index (χ4v) is 22.4. The number of aliphatic hydroxyl groups is 3. The van der Waals surface area contributed by atoms with Crippen LogP contribution in [-0.4, -0.2) is 382 Å². The molecule has 10 atom stereocenters. The number of nitrogens with one attached hydrogen (secondary N) is 4. The lowest BCUT2D eigenvalue weighted by Gasteiger charge is -2.69. The molecule has 7 amide bonds. The first-order chi connectivity index (χ1) is 72.0. The molecule has 48 heteroatoms. The maximum Gasteiger partial charge on any atom is 0.410 e. The van der Waals surface area contributed by atoms with Crippen LogP contribution < -0.4 is 26.2 Å². The third-order valence-corrected chi connectivity index (χ3v) is 28.8. The number of carboxylic acid groups (broad SMARTS) is 2. The number of aromatic carboxylic acids is 1. The number of para-hydroxylation sites is 1. The van der Waals surface area contributed by atoms with Gasteiger partial charge in [-0.15, -0.1) is 5.10 Å². The van der Waals surface area contributed by atoms with Crippen molar-refractivity contribution in [2.24, 2.45) is 22.2 Å². The Morgan fingerprint density at radius 2 is 1.23 bits per heavy atom. The lowest BCUT2D eigenvalue weighted by Crippen LogP contribution is -2.64. The molecule has 3 unspecified atom stereocenters. The number of pyridine rings is 1. The average molecular weight is 2140 g/mol. The maximum absolute atomic E-state index is 14.5. The normalized spacial score (nSPS) is 21.5. The zero-order valence-electron chi connectivity index (χ0n) is 85.7. The number of fused-ring (bicyclic) bond motifs is 2. The quantitative estimate of drug-likeness (QED) is 0.0129. The van der Waals surface area contributed by atoms with E-state index in [4.69, 9.17) is 81.1 Å². The second-order valence-corrected chi connectivity index (χ2v) is 42.1. The van der Waals surface area contributed by atoms with Gasteiger partial charge in [-0.25, -0.2) is 29.0 Å². The number of carbonyl (C=O) groups is 9. The molecule has 4 aromatic heterocycles. The molecule has 3 aliphatic heterocycles. The van der Waals surface area contributed by atoms with Crippen LogP contribution in [0.5, 0.6) is 0 Å². The van der Waals surface area contributed by atoms with Gasteiger partial charge in [-0.1, -0.05) is 74.6 Å². The predicted octanol–water partition coefficient (Wildman–Crippen LogP) is 5.45. The van der Waals surface area contributed by atoms with Crippen molar-refractivity contribution in [2.75, 3.05) is 207 Å². The topological polar surface area (TPSA) is 580 Å². The number of carbonyl (C=O) groups excluding carboxylic acids is 7. The second-order valence-electron chi connectivity index (χ2n) is 39.4. The summed E-state index contributed by atoms with van der Waals surface area (Å²) in [5, 5.41) is 78.0. The number of methoxy groups -OCH3 is 1. The molecule has 7 heterocycles. The Hall–Kier alpha value is -10.9. The lowest BCUT2D eigenvalue weighted by molar-refractivity contribution is -0.248. The largest absolute Gasteiger partial charge is 0.479 e. The number of anilines is 3. The molecule has 7 aromatic rings. The Kier molecular flexibility index (Phi) is 43.0. The Bertz CT molecular complexity index is 5780. The van der Waals surface area contributed by atoms with Crippen LogP contribution in [0.25, 0.3) is 21.3 Å². The number of hydrogen-bond donors (Lipinski definition) is 10. The molecule has 0 radical (unpaired) electrons. The molecule has 4 bridgehead atoms. The summed E-state index contributed by atoms with van der Waals surface area (Å²) in [6.07, 6.45) is -0.548. The second kappa shape index (κ2) is 55.6. The van der Waals surface area contributed by atoms with Crippen molar-refractivity contribution in [2.45, 2.75) is 186 Å². The van der Waals surface area contributed by atoms with Gasteiger partial charge in [0.25, 0.3) is 27.8 Å². The van der Waals surface area contributed by atoms with E-state index in [1.165, 1.54) is 47.3 Å². The SMILES string of the molecule is COCCOCCOCCOCCOCCOCCOCCOCCOCCOCCOCCOCCn1cc(CC(C(=O)N[C@H](C(=O)N[C@@H](C)C(=O)Nc2ccc(COC(=O)N(CCOC34CC5(C)CC(C)(CC(Cn6ncc(-c7ccc(N8CCc9cccc(C(=O)Nc%10nc%11ccccc%11s%10)c9C8)nc7C(=O)O)c6C)(C5)C3)C4)CCS(=O)(=O)O)c(CC[C@@H]3O[C@H](C(=O)O)[C@@H](O)[C@H](O)[C@H]3O)c2)C(C)C)N2C(=O)C=CC2=O)nn1. The van der Waals surface area contributed by atoms with Gasteiger partial charge in [0.05, 0.1) is 205 Å². The fraction of sp³-hybridized carbons (Fsp3) is 0.608. The van der Waals surface area contributed by atoms with Gasteiger partial charge < -0.3 is 122 Å².